The van der Waals surface area contributed by atoms with Gasteiger partial charge in [0.25, 0.3) is 11.8 Å². The predicted molar refractivity (Wildman–Crippen MR) is 222 cm³/mol. The fraction of sp³-hybridized carbons (Fsp3) is 0.312. The van der Waals surface area contributed by atoms with Crippen LogP contribution >= 0.6 is 0 Å². The number of phenols is 1. The van der Waals surface area contributed by atoms with E-state index in [1.807, 2.05) is 68.3 Å². The quantitative estimate of drug-likeness (QED) is 0.167. The molecule has 13 heteroatoms. The maximum Gasteiger partial charge on any atom is 0.412 e. The molecule has 2 N–H and O–H groups in total. The lowest BCUT2D eigenvalue weighted by Crippen LogP contribution is -2.60. The van der Waals surface area contributed by atoms with Crippen LogP contribution in [0.1, 0.15) is 83.3 Å². The smallest absolute Gasteiger partial charge is 0.412 e. The summed E-state index contributed by atoms with van der Waals surface area (Å²) in [6, 6.07) is 22.4. The maximum absolute atomic E-state index is 15.6. The number of carbonyl (C=O) groups excluding carboxylic acids is 3. The standard InChI is InChI=1S/C48H45N3O10/c1-24-18-26-19-27(21-52)49(3)39(37(26)40(53)41(24)57-4)36-20-34-38(44-43(60-23-61-44)25(2)42(34)58-5)45(51-46(54)32-16-10-11-17-33(32)47(51)55)50(36)48(56)59-22-35-30-14-8-6-12-28(30)29-13-7-9-15-31(29)35/h6-18,27,35-36,39,45,52-53H,19-23H2,1-5H3/t27?,36-,39-,45-/m1/s1. The first-order valence-electron chi connectivity index (χ1n) is 20.4. The highest BCUT2D eigenvalue weighted by molar-refractivity contribution is 6.21. The van der Waals surface area contributed by atoms with Gasteiger partial charge in [-0.25, -0.2) is 9.69 Å². The molecule has 0 aromatic heterocycles. The van der Waals surface area contributed by atoms with E-state index in [0.717, 1.165) is 32.7 Å². The Hall–Kier alpha value is -6.57. The maximum atomic E-state index is 15.6. The lowest BCUT2D eigenvalue weighted by molar-refractivity contribution is -0.0274. The van der Waals surface area contributed by atoms with Gasteiger partial charge in [-0.05, 0) is 79.3 Å². The van der Waals surface area contributed by atoms with E-state index in [9.17, 15) is 19.8 Å². The van der Waals surface area contributed by atoms with Gasteiger partial charge in [0.05, 0.1) is 44.0 Å². The molecule has 5 aliphatic rings. The number of imide groups is 1. The lowest BCUT2D eigenvalue weighted by atomic mass is 9.77. The molecule has 61 heavy (non-hydrogen) atoms. The molecule has 0 saturated carbocycles. The largest absolute Gasteiger partial charge is 0.504 e. The molecule has 4 heterocycles. The van der Waals surface area contributed by atoms with Crippen LogP contribution < -0.4 is 18.9 Å². The van der Waals surface area contributed by atoms with Gasteiger partial charge in [0.2, 0.25) is 6.79 Å². The van der Waals surface area contributed by atoms with Gasteiger partial charge in [0.1, 0.15) is 18.5 Å². The Labute approximate surface area is 352 Å². The number of methoxy groups -OCH3 is 2. The normalized spacial score (nSPS) is 21.1. The number of nitrogens with zero attached hydrogens (tertiary/aromatic N) is 3. The molecule has 3 amide bonds. The molecule has 5 aromatic rings. The van der Waals surface area contributed by atoms with Crippen LogP contribution in [-0.2, 0) is 17.6 Å². The van der Waals surface area contributed by atoms with Crippen LogP contribution in [0.3, 0.4) is 0 Å². The third-order valence-corrected chi connectivity index (χ3v) is 13.4. The topological polar surface area (TPSA) is 148 Å². The first kappa shape index (κ1) is 38.6. The van der Waals surface area contributed by atoms with Gasteiger partial charge in [0.15, 0.2) is 23.0 Å². The van der Waals surface area contributed by atoms with E-state index < -0.39 is 42.2 Å². The fourth-order valence-electron chi connectivity index (χ4n) is 10.7. The number of amides is 3. The molecule has 10 rings (SSSR count). The Morgan fingerprint density at radius 3 is 2.00 bits per heavy atom. The van der Waals surface area contributed by atoms with Crippen LogP contribution in [0.15, 0.2) is 78.9 Å². The molecular formula is C48H45N3O10. The first-order valence-corrected chi connectivity index (χ1v) is 20.4. The lowest BCUT2D eigenvalue weighted by Gasteiger charge is -2.52. The number of aromatic hydroxyl groups is 1. The third-order valence-electron chi connectivity index (χ3n) is 13.4. The van der Waals surface area contributed by atoms with Crippen LogP contribution in [0.2, 0.25) is 0 Å². The van der Waals surface area contributed by atoms with Gasteiger partial charge in [-0.3, -0.25) is 19.4 Å². The second-order valence-electron chi connectivity index (χ2n) is 16.3. The SMILES string of the molecule is COc1c(C)cc2c(c1O)[C@@H]([C@H]1Cc3c(OC)c(C)c4c(c3[C@@H](N3C(=O)c5ccccc5C3=O)N1C(=O)OCC1c3ccccc3-c3ccccc31)OCO4)N(C)C(CO)C2. The zero-order chi connectivity index (χ0) is 42.4. The second kappa shape index (κ2) is 14.6. The summed E-state index contributed by atoms with van der Waals surface area (Å²) >= 11 is 0. The molecule has 5 aromatic carbocycles. The van der Waals surface area contributed by atoms with E-state index in [0.29, 0.717) is 45.7 Å². The summed E-state index contributed by atoms with van der Waals surface area (Å²) in [4.78, 5) is 49.7. The summed E-state index contributed by atoms with van der Waals surface area (Å²) in [5, 5.41) is 23.0. The summed E-state index contributed by atoms with van der Waals surface area (Å²) < 4.78 is 30.6. The van der Waals surface area contributed by atoms with Gasteiger partial charge in [-0.2, -0.15) is 0 Å². The fourth-order valence-corrected chi connectivity index (χ4v) is 10.7. The summed E-state index contributed by atoms with van der Waals surface area (Å²) in [5.74, 6) is -0.231. The Bertz CT molecular complexity index is 2600. The van der Waals surface area contributed by atoms with Gasteiger partial charge < -0.3 is 33.9 Å². The van der Waals surface area contributed by atoms with Crippen molar-refractivity contribution in [2.24, 2.45) is 0 Å². The number of aliphatic hydroxyl groups is 1. The minimum atomic E-state index is -1.44. The number of likely N-dealkylation sites (N-methyl/N-ethyl adjacent to an activating group) is 1. The van der Waals surface area contributed by atoms with Crippen molar-refractivity contribution in [2.75, 3.05) is 41.3 Å². The van der Waals surface area contributed by atoms with Crippen LogP contribution in [0.5, 0.6) is 28.7 Å². The highest BCUT2D eigenvalue weighted by Gasteiger charge is 2.56. The Kier molecular flexibility index (Phi) is 9.22. The molecule has 0 spiro atoms. The number of rotatable bonds is 7. The van der Waals surface area contributed by atoms with Gasteiger partial charge in [0, 0.05) is 34.2 Å². The number of aryl methyl sites for hydroxylation is 1. The molecular weight excluding hydrogens is 779 g/mol. The highest BCUT2D eigenvalue weighted by Crippen LogP contribution is 2.57. The van der Waals surface area contributed by atoms with Crippen molar-refractivity contribution in [1.29, 1.82) is 0 Å². The summed E-state index contributed by atoms with van der Waals surface area (Å²) in [6.45, 7) is 3.27. The van der Waals surface area contributed by atoms with E-state index >= 15 is 4.79 Å². The van der Waals surface area contributed by atoms with Crippen molar-refractivity contribution in [1.82, 2.24) is 14.7 Å². The number of ether oxygens (including phenoxy) is 5. The second-order valence-corrected chi connectivity index (χ2v) is 16.3. The minimum Gasteiger partial charge on any atom is -0.504 e. The number of phenolic OH excluding ortho intramolecular Hbond substituents is 1. The van der Waals surface area contributed by atoms with Crippen LogP contribution in [0.4, 0.5) is 4.79 Å². The van der Waals surface area contributed by atoms with Gasteiger partial charge >= 0.3 is 6.09 Å². The van der Waals surface area contributed by atoms with Crippen molar-refractivity contribution < 1.29 is 48.3 Å². The monoisotopic (exact) mass is 823 g/mol. The van der Waals surface area contributed by atoms with Crippen LogP contribution in [0, 0.1) is 13.8 Å². The molecule has 0 saturated heterocycles. The Morgan fingerprint density at radius 2 is 1.39 bits per heavy atom. The molecule has 4 aliphatic heterocycles. The van der Waals surface area contributed by atoms with E-state index in [2.05, 4.69) is 12.1 Å². The van der Waals surface area contributed by atoms with E-state index in [1.54, 1.807) is 24.3 Å². The summed E-state index contributed by atoms with van der Waals surface area (Å²) in [7, 11) is 4.86. The Balaban J connectivity index is 1.20. The summed E-state index contributed by atoms with van der Waals surface area (Å²) in [6.07, 6.45) is -1.75. The van der Waals surface area contributed by atoms with Gasteiger partial charge in [-0.15, -0.1) is 0 Å². The molecule has 0 radical (unpaired) electrons. The van der Waals surface area contributed by atoms with Crippen molar-refractivity contribution >= 4 is 17.9 Å². The van der Waals surface area contributed by atoms with Crippen molar-refractivity contribution in [3.63, 3.8) is 0 Å². The average Bonchev–Trinajstić information content (AvgIpc) is 3.96. The van der Waals surface area contributed by atoms with E-state index in [-0.39, 0.29) is 60.7 Å². The summed E-state index contributed by atoms with van der Waals surface area (Å²) in [5.41, 5.74) is 8.08. The number of benzene rings is 5. The zero-order valence-electron chi connectivity index (χ0n) is 34.4. The minimum absolute atomic E-state index is 0.0542. The molecule has 1 unspecified atom stereocenters. The molecule has 0 fully saturated rings. The van der Waals surface area contributed by atoms with Crippen molar-refractivity contribution in [2.45, 2.75) is 56.9 Å². The number of aliphatic hydroxyl groups excluding tert-OH is 1. The molecule has 0 bridgehead atoms. The molecule has 13 nitrogen and oxygen atoms in total. The molecule has 4 atom stereocenters. The van der Waals surface area contributed by atoms with Crippen LogP contribution in [-0.4, -0.2) is 96.2 Å². The van der Waals surface area contributed by atoms with Crippen molar-refractivity contribution in [3.8, 4) is 39.9 Å². The highest BCUT2D eigenvalue weighted by atomic mass is 16.7. The number of hydrogen-bond acceptors (Lipinski definition) is 11. The number of carbonyl (C=O) groups is 3. The number of hydrogen-bond donors (Lipinski definition) is 2. The Morgan fingerprint density at radius 1 is 0.803 bits per heavy atom. The zero-order valence-corrected chi connectivity index (χ0v) is 34.4. The predicted octanol–water partition coefficient (Wildman–Crippen LogP) is 6.82. The average molecular weight is 824 g/mol. The van der Waals surface area contributed by atoms with E-state index in [1.165, 1.54) is 19.1 Å². The first-order chi connectivity index (χ1) is 29.6. The van der Waals surface area contributed by atoms with E-state index in [4.69, 9.17) is 23.7 Å². The number of fused-ring (bicyclic) bond motifs is 8. The third kappa shape index (κ3) is 5.56. The van der Waals surface area contributed by atoms with Gasteiger partial charge in [-0.1, -0.05) is 66.7 Å². The molecule has 312 valence electrons. The van der Waals surface area contributed by atoms with Crippen molar-refractivity contribution in [3.05, 3.63) is 134 Å². The van der Waals surface area contributed by atoms with Crippen LogP contribution in [0.25, 0.3) is 11.1 Å². The molecule has 1 aliphatic carbocycles.